The first-order chi connectivity index (χ1) is 15.9. The summed E-state index contributed by atoms with van der Waals surface area (Å²) in [5.74, 6) is -1.17. The van der Waals surface area contributed by atoms with Gasteiger partial charge in [-0.15, -0.1) is 0 Å². The van der Waals surface area contributed by atoms with Gasteiger partial charge in [0.25, 0.3) is 0 Å². The van der Waals surface area contributed by atoms with Crippen LogP contribution in [0.4, 0.5) is 11.4 Å². The minimum absolute atomic E-state index is 0.200. The summed E-state index contributed by atoms with van der Waals surface area (Å²) >= 11 is 0. The van der Waals surface area contributed by atoms with E-state index in [2.05, 4.69) is 60.0 Å². The second-order valence-corrected chi connectivity index (χ2v) is 10.2. The Morgan fingerprint density at radius 1 is 0.853 bits per heavy atom. The third kappa shape index (κ3) is 3.75. The molecule has 0 bridgehead atoms. The SMILES string of the molecule is CN(C)c1ccc2c(c1)C(C)(C)c1cc(N(C)C)ccc1C2=C1C=CC(=[N+](C)C)C=C1C(=O)[O-]. The van der Waals surface area contributed by atoms with Crippen LogP contribution in [0.3, 0.4) is 0 Å². The summed E-state index contributed by atoms with van der Waals surface area (Å²) in [7, 11) is 12.0. The molecule has 34 heavy (non-hydrogen) atoms. The van der Waals surface area contributed by atoms with E-state index in [1.54, 1.807) is 6.08 Å². The van der Waals surface area contributed by atoms with Gasteiger partial charge < -0.3 is 19.7 Å². The highest BCUT2D eigenvalue weighted by molar-refractivity contribution is 6.12. The molecule has 0 amide bonds. The lowest BCUT2D eigenvalue weighted by Crippen LogP contribution is -2.31. The summed E-state index contributed by atoms with van der Waals surface area (Å²) in [4.78, 5) is 16.5. The number of aliphatic carboxylic acids is 1. The second-order valence-electron chi connectivity index (χ2n) is 10.2. The molecule has 5 heteroatoms. The first-order valence-electron chi connectivity index (χ1n) is 11.5. The molecule has 0 radical (unpaired) electrons. The zero-order chi connectivity index (χ0) is 24.9. The van der Waals surface area contributed by atoms with Gasteiger partial charge in [-0.05, 0) is 63.7 Å². The van der Waals surface area contributed by atoms with E-state index in [0.717, 1.165) is 33.8 Å². The Morgan fingerprint density at radius 3 is 1.76 bits per heavy atom. The summed E-state index contributed by atoms with van der Waals surface area (Å²) in [6.45, 7) is 4.49. The molecule has 0 aromatic heterocycles. The molecule has 0 aliphatic heterocycles. The number of hydrogen-bond acceptors (Lipinski definition) is 4. The number of allylic oxidation sites excluding steroid dienone is 3. The fourth-order valence-corrected chi connectivity index (χ4v) is 4.87. The average Bonchev–Trinajstić information content (AvgIpc) is 2.78. The van der Waals surface area contributed by atoms with Gasteiger partial charge in [-0.1, -0.05) is 26.0 Å². The summed E-state index contributed by atoms with van der Waals surface area (Å²) < 4.78 is 1.90. The Morgan fingerprint density at radius 2 is 1.35 bits per heavy atom. The molecule has 2 aromatic carbocycles. The van der Waals surface area contributed by atoms with Crippen LogP contribution in [0.25, 0.3) is 5.57 Å². The number of fused-ring (bicyclic) bond motifs is 2. The van der Waals surface area contributed by atoms with Crippen molar-refractivity contribution in [2.75, 3.05) is 52.1 Å². The van der Waals surface area contributed by atoms with Gasteiger partial charge in [-0.25, -0.2) is 4.58 Å². The normalized spacial score (nSPS) is 16.0. The quantitative estimate of drug-likeness (QED) is 0.667. The Bertz CT molecular complexity index is 1250. The second kappa shape index (κ2) is 8.32. The molecule has 0 heterocycles. The molecule has 5 nitrogen and oxygen atoms in total. The largest absolute Gasteiger partial charge is 0.545 e. The predicted octanol–water partition coefficient (Wildman–Crippen LogP) is 3.22. The van der Waals surface area contributed by atoms with E-state index in [9.17, 15) is 9.90 Å². The minimum Gasteiger partial charge on any atom is -0.545 e. The molecule has 2 aromatic rings. The topological polar surface area (TPSA) is 49.6 Å². The van der Waals surface area contributed by atoms with Crippen molar-refractivity contribution in [2.45, 2.75) is 19.3 Å². The van der Waals surface area contributed by atoms with Gasteiger partial charge in [0.1, 0.15) is 14.1 Å². The lowest BCUT2D eigenvalue weighted by atomic mass is 9.65. The summed E-state index contributed by atoms with van der Waals surface area (Å²) in [5, 5.41) is 12.3. The van der Waals surface area contributed by atoms with Crippen molar-refractivity contribution in [1.29, 1.82) is 0 Å². The van der Waals surface area contributed by atoms with Gasteiger partial charge in [-0.2, -0.15) is 0 Å². The Kier molecular flexibility index (Phi) is 5.76. The number of nitrogens with zero attached hydrogens (tertiary/aromatic N) is 3. The van der Waals surface area contributed by atoms with Crippen LogP contribution in [0, 0.1) is 0 Å². The Hall–Kier alpha value is -3.60. The zero-order valence-electron chi connectivity index (χ0n) is 21.4. The van der Waals surface area contributed by atoms with Crippen molar-refractivity contribution in [1.82, 2.24) is 0 Å². The van der Waals surface area contributed by atoms with Crippen molar-refractivity contribution in [3.63, 3.8) is 0 Å². The molecule has 0 N–H and O–H groups in total. The number of carboxylic acid groups (broad SMARTS) is 1. The first kappa shape index (κ1) is 23.6. The number of rotatable bonds is 3. The molecule has 0 unspecified atom stereocenters. The van der Waals surface area contributed by atoms with Crippen LogP contribution >= 0.6 is 0 Å². The Labute approximate surface area is 202 Å². The zero-order valence-corrected chi connectivity index (χ0v) is 21.4. The number of carbonyl (C=O) groups is 1. The molecular formula is C29H33N3O2. The highest BCUT2D eigenvalue weighted by atomic mass is 16.4. The molecule has 0 saturated heterocycles. The van der Waals surface area contributed by atoms with Gasteiger partial charge in [0.15, 0.2) is 5.71 Å². The monoisotopic (exact) mass is 455 g/mol. The molecule has 0 saturated carbocycles. The lowest BCUT2D eigenvalue weighted by molar-refractivity contribution is -0.462. The van der Waals surface area contributed by atoms with E-state index in [1.165, 1.54) is 11.1 Å². The van der Waals surface area contributed by atoms with E-state index in [0.29, 0.717) is 5.57 Å². The smallest absolute Gasteiger partial charge is 0.200 e. The van der Waals surface area contributed by atoms with Gasteiger partial charge >= 0.3 is 0 Å². The van der Waals surface area contributed by atoms with Crippen molar-refractivity contribution < 1.29 is 14.5 Å². The molecule has 0 fully saturated rings. The summed E-state index contributed by atoms with van der Waals surface area (Å²) in [5.41, 5.74) is 9.07. The van der Waals surface area contributed by atoms with E-state index < -0.39 is 5.97 Å². The van der Waals surface area contributed by atoms with E-state index >= 15 is 0 Å². The van der Waals surface area contributed by atoms with Crippen LogP contribution in [0.2, 0.25) is 0 Å². The van der Waals surface area contributed by atoms with Crippen LogP contribution in [-0.2, 0) is 10.2 Å². The first-order valence-corrected chi connectivity index (χ1v) is 11.5. The fourth-order valence-electron chi connectivity index (χ4n) is 4.87. The fraction of sp³-hybridized carbons (Fsp3) is 0.310. The molecule has 176 valence electrons. The van der Waals surface area contributed by atoms with Crippen molar-refractivity contribution in [2.24, 2.45) is 0 Å². The van der Waals surface area contributed by atoms with Crippen LogP contribution < -0.4 is 14.9 Å². The molecule has 0 spiro atoms. The van der Waals surface area contributed by atoms with Crippen molar-refractivity contribution in [3.05, 3.63) is 88.0 Å². The summed E-state index contributed by atoms with van der Waals surface area (Å²) in [6, 6.07) is 12.9. The van der Waals surface area contributed by atoms with Crippen LogP contribution in [0.5, 0.6) is 0 Å². The van der Waals surface area contributed by atoms with Crippen molar-refractivity contribution >= 4 is 28.6 Å². The van der Waals surface area contributed by atoms with E-state index in [4.69, 9.17) is 0 Å². The summed E-state index contributed by atoms with van der Waals surface area (Å²) in [6.07, 6.45) is 5.59. The standard InChI is InChI=1S/C29H33N3O2/c1-29(2)25-16-19(31(5)6)10-13-22(25)27(23-14-11-20(32(7)8)17-26(23)29)21-12-9-18(30(3)4)15-24(21)28(33)34/h9-17H,1-8H3. The number of anilines is 2. The van der Waals surface area contributed by atoms with Crippen molar-refractivity contribution in [3.8, 4) is 0 Å². The molecule has 4 rings (SSSR count). The van der Waals surface area contributed by atoms with E-state index in [-0.39, 0.29) is 11.0 Å². The minimum atomic E-state index is -1.17. The molecule has 2 aliphatic rings. The van der Waals surface area contributed by atoms with Gasteiger partial charge in [0.05, 0.1) is 5.97 Å². The third-order valence-corrected chi connectivity index (χ3v) is 6.93. The highest BCUT2D eigenvalue weighted by Crippen LogP contribution is 2.50. The van der Waals surface area contributed by atoms with Crippen LogP contribution in [0.15, 0.2) is 65.8 Å². The number of carboxylic acids is 1. The molecular weight excluding hydrogens is 422 g/mol. The molecule has 2 aliphatic carbocycles. The third-order valence-electron chi connectivity index (χ3n) is 6.93. The van der Waals surface area contributed by atoms with Gasteiger partial charge in [0.2, 0.25) is 0 Å². The number of hydrogen-bond donors (Lipinski definition) is 0. The predicted molar refractivity (Wildman–Crippen MR) is 139 cm³/mol. The van der Waals surface area contributed by atoms with Crippen LogP contribution in [-0.4, -0.2) is 58.5 Å². The van der Waals surface area contributed by atoms with Gasteiger partial charge in [-0.3, -0.25) is 0 Å². The maximum absolute atomic E-state index is 12.3. The maximum atomic E-state index is 12.3. The molecule has 0 atom stereocenters. The highest BCUT2D eigenvalue weighted by Gasteiger charge is 2.37. The lowest BCUT2D eigenvalue weighted by Gasteiger charge is -2.39. The number of benzene rings is 2. The van der Waals surface area contributed by atoms with Gasteiger partial charge in [0, 0.05) is 62.7 Å². The average molecular weight is 456 g/mol. The Balaban J connectivity index is 2.13. The van der Waals surface area contributed by atoms with Crippen LogP contribution in [0.1, 0.15) is 36.1 Å². The number of carbonyl (C=O) groups excluding carboxylic acids is 1. The maximum Gasteiger partial charge on any atom is 0.200 e. The van der Waals surface area contributed by atoms with E-state index in [1.807, 2.05) is 59.0 Å².